The first-order valence-electron chi connectivity index (χ1n) is 11.1. The Kier molecular flexibility index (Phi) is 12.1. The maximum atomic E-state index is 14.2. The van der Waals surface area contributed by atoms with Gasteiger partial charge in [-0.15, -0.1) is 0 Å². The molecular formula is C20H14F24O3. The molecule has 0 aromatic carbocycles. The SMILES string of the molecule is C=C(C)C(=O)OC(COCCC(F)(F)C(F)(F)C(F)(F)C(F)(F)F)CC(F)(F)C(F)(F)C(F)(F)C(F)(F)C(F)(F)C(F)(F)C(F)(F)F. The number of ether oxygens (including phenoxy) is 2. The number of hydrogen-bond donors (Lipinski definition) is 0. The number of alkyl halides is 24. The summed E-state index contributed by atoms with van der Waals surface area (Å²) in [6.07, 6.45) is -25.1. The Hall–Kier alpha value is -2.51. The van der Waals surface area contributed by atoms with Crippen molar-refractivity contribution in [3.63, 3.8) is 0 Å². The van der Waals surface area contributed by atoms with Crippen molar-refractivity contribution in [2.24, 2.45) is 0 Å². The number of esters is 1. The van der Waals surface area contributed by atoms with Gasteiger partial charge in [-0.25, -0.2) is 4.79 Å². The number of carbonyl (C=O) groups is 1. The smallest absolute Gasteiger partial charge is 0.456 e. The molecule has 0 rings (SSSR count). The molecule has 0 aliphatic heterocycles. The summed E-state index contributed by atoms with van der Waals surface area (Å²) in [5.74, 6) is -72.7. The van der Waals surface area contributed by atoms with Gasteiger partial charge in [0, 0.05) is 12.0 Å². The molecule has 0 saturated carbocycles. The third-order valence-corrected chi connectivity index (χ3v) is 5.57. The lowest BCUT2D eigenvalue weighted by Crippen LogP contribution is -2.72. The Morgan fingerprint density at radius 2 is 0.851 bits per heavy atom. The van der Waals surface area contributed by atoms with Crippen LogP contribution < -0.4 is 0 Å². The van der Waals surface area contributed by atoms with Gasteiger partial charge in [0.05, 0.1) is 19.6 Å². The molecule has 0 saturated heterocycles. The maximum absolute atomic E-state index is 14.2. The first-order chi connectivity index (χ1) is 20.2. The van der Waals surface area contributed by atoms with E-state index in [9.17, 15) is 110 Å². The Bertz CT molecular complexity index is 1120. The van der Waals surface area contributed by atoms with E-state index in [2.05, 4.69) is 16.1 Å². The fraction of sp³-hybridized carbons (Fsp3) is 0.850. The van der Waals surface area contributed by atoms with Gasteiger partial charge in [0.1, 0.15) is 6.10 Å². The Morgan fingerprint density at radius 1 is 0.532 bits per heavy atom. The molecular weight excluding hydrogens is 744 g/mol. The number of carbonyl (C=O) groups excluding carboxylic acids is 1. The molecule has 0 aromatic rings. The van der Waals surface area contributed by atoms with Crippen LogP contribution in [0.15, 0.2) is 12.2 Å². The van der Waals surface area contributed by atoms with Crippen molar-refractivity contribution in [1.82, 2.24) is 0 Å². The molecule has 3 nitrogen and oxygen atoms in total. The van der Waals surface area contributed by atoms with Gasteiger partial charge in [0.2, 0.25) is 0 Å². The van der Waals surface area contributed by atoms with Crippen molar-refractivity contribution in [3.05, 3.63) is 12.2 Å². The van der Waals surface area contributed by atoms with Gasteiger partial charge < -0.3 is 9.47 Å². The van der Waals surface area contributed by atoms with Crippen LogP contribution in [-0.4, -0.2) is 90.9 Å². The van der Waals surface area contributed by atoms with E-state index in [4.69, 9.17) is 0 Å². The molecule has 0 bridgehead atoms. The lowest BCUT2D eigenvalue weighted by atomic mass is 9.89. The van der Waals surface area contributed by atoms with Gasteiger partial charge in [-0.2, -0.15) is 105 Å². The molecule has 0 heterocycles. The molecule has 0 N–H and O–H groups in total. The molecule has 0 fully saturated rings. The lowest BCUT2D eigenvalue weighted by molar-refractivity contribution is -0.453. The van der Waals surface area contributed by atoms with Crippen molar-refractivity contribution in [1.29, 1.82) is 0 Å². The van der Waals surface area contributed by atoms with Gasteiger partial charge in [0.25, 0.3) is 0 Å². The first-order valence-corrected chi connectivity index (χ1v) is 11.1. The number of halogens is 24. The zero-order valence-corrected chi connectivity index (χ0v) is 21.9. The Morgan fingerprint density at radius 3 is 1.21 bits per heavy atom. The quantitative estimate of drug-likeness (QED) is 0.0683. The van der Waals surface area contributed by atoms with E-state index in [0.717, 1.165) is 0 Å². The van der Waals surface area contributed by atoms with Crippen LogP contribution in [-0.2, 0) is 14.3 Å². The summed E-state index contributed by atoms with van der Waals surface area (Å²) in [5.41, 5.74) is -0.975. The van der Waals surface area contributed by atoms with E-state index in [-0.39, 0.29) is 0 Å². The molecule has 0 amide bonds. The fourth-order valence-electron chi connectivity index (χ4n) is 2.78. The minimum absolute atomic E-state index is 0.577. The zero-order chi connectivity index (χ0) is 38.5. The second-order valence-corrected chi connectivity index (χ2v) is 9.26. The third-order valence-electron chi connectivity index (χ3n) is 5.57. The van der Waals surface area contributed by atoms with Crippen LogP contribution in [0.2, 0.25) is 0 Å². The summed E-state index contributed by atoms with van der Waals surface area (Å²) in [6, 6.07) is 0. The van der Waals surface area contributed by atoms with Crippen LogP contribution >= 0.6 is 0 Å². The largest absolute Gasteiger partial charge is 0.460 e. The molecule has 47 heavy (non-hydrogen) atoms. The van der Waals surface area contributed by atoms with Crippen LogP contribution in [0.5, 0.6) is 0 Å². The highest BCUT2D eigenvalue weighted by molar-refractivity contribution is 5.87. The average molecular weight is 758 g/mol. The van der Waals surface area contributed by atoms with Crippen molar-refractivity contribution >= 4 is 5.97 Å². The van der Waals surface area contributed by atoms with E-state index in [1.54, 1.807) is 0 Å². The predicted octanol–water partition coefficient (Wildman–Crippen LogP) is 9.11. The van der Waals surface area contributed by atoms with Gasteiger partial charge >= 0.3 is 71.6 Å². The van der Waals surface area contributed by atoms with Gasteiger partial charge in [0.15, 0.2) is 0 Å². The summed E-state index contributed by atoms with van der Waals surface area (Å²) in [6.45, 7) is -1.26. The van der Waals surface area contributed by atoms with Crippen molar-refractivity contribution in [2.75, 3.05) is 13.2 Å². The summed E-state index contributed by atoms with van der Waals surface area (Å²) >= 11 is 0. The molecule has 0 aliphatic carbocycles. The highest BCUT2D eigenvalue weighted by Crippen LogP contribution is 2.63. The highest BCUT2D eigenvalue weighted by atomic mass is 19.4. The lowest BCUT2D eigenvalue weighted by Gasteiger charge is -2.41. The predicted molar refractivity (Wildman–Crippen MR) is 101 cm³/mol. The molecule has 27 heteroatoms. The molecule has 0 aliphatic rings. The van der Waals surface area contributed by atoms with E-state index in [1.165, 1.54) is 0 Å². The van der Waals surface area contributed by atoms with Gasteiger partial charge in [-0.05, 0) is 6.92 Å². The summed E-state index contributed by atoms with van der Waals surface area (Å²) in [7, 11) is 0. The summed E-state index contributed by atoms with van der Waals surface area (Å²) in [5, 5.41) is 0. The van der Waals surface area contributed by atoms with E-state index >= 15 is 0 Å². The van der Waals surface area contributed by atoms with Gasteiger partial charge in [-0.1, -0.05) is 6.58 Å². The van der Waals surface area contributed by atoms with Crippen molar-refractivity contribution in [2.45, 2.75) is 91.5 Å². The van der Waals surface area contributed by atoms with Gasteiger partial charge in [-0.3, -0.25) is 0 Å². The van der Waals surface area contributed by atoms with Crippen LogP contribution in [0.1, 0.15) is 19.8 Å². The Balaban J connectivity index is 6.39. The third kappa shape index (κ3) is 7.56. The first kappa shape index (κ1) is 44.5. The molecule has 1 unspecified atom stereocenters. The van der Waals surface area contributed by atoms with Crippen molar-refractivity contribution in [3.8, 4) is 0 Å². The van der Waals surface area contributed by atoms with Crippen LogP contribution in [0.25, 0.3) is 0 Å². The Labute approximate surface area is 243 Å². The second-order valence-electron chi connectivity index (χ2n) is 9.26. The van der Waals surface area contributed by atoms with E-state index < -0.39 is 109 Å². The maximum Gasteiger partial charge on any atom is 0.460 e. The van der Waals surface area contributed by atoms with Crippen LogP contribution in [0.4, 0.5) is 105 Å². The van der Waals surface area contributed by atoms with Crippen LogP contribution in [0.3, 0.4) is 0 Å². The molecule has 0 radical (unpaired) electrons. The topological polar surface area (TPSA) is 35.5 Å². The standard InChI is InChI=1S/C20H14F24O3/c1-7(2)9(45)47-8(6-46-4-3-10(21,22)12(25,26)17(35,36)19(39,40)41)5-11(23,24)13(27,28)14(29,30)15(31,32)16(33,34)18(37,38)20(42,43)44/h8H,1,3-6H2,2H3. The summed E-state index contributed by atoms with van der Waals surface area (Å²) in [4.78, 5) is 11.5. The second kappa shape index (κ2) is 12.7. The van der Waals surface area contributed by atoms with Crippen molar-refractivity contribution < 1.29 is 120 Å². The number of rotatable bonds is 16. The molecule has 0 aromatic heterocycles. The average Bonchev–Trinajstić information content (AvgIpc) is 2.83. The van der Waals surface area contributed by atoms with E-state index in [0.29, 0.717) is 6.92 Å². The normalized spacial score (nSPS) is 16.3. The van der Waals surface area contributed by atoms with E-state index in [1.807, 2.05) is 0 Å². The molecule has 280 valence electrons. The molecule has 1 atom stereocenters. The number of hydrogen-bond acceptors (Lipinski definition) is 3. The fourth-order valence-corrected chi connectivity index (χ4v) is 2.78. The minimum Gasteiger partial charge on any atom is -0.456 e. The summed E-state index contributed by atoms with van der Waals surface area (Å²) < 4.78 is 324. The van der Waals surface area contributed by atoms with Crippen LogP contribution in [0, 0.1) is 0 Å². The molecule has 0 spiro atoms. The zero-order valence-electron chi connectivity index (χ0n) is 21.9. The monoisotopic (exact) mass is 758 g/mol. The highest BCUT2D eigenvalue weighted by Gasteiger charge is 2.93. The minimum atomic E-state index is -8.71.